The van der Waals surface area contributed by atoms with Crippen LogP contribution in [0.25, 0.3) is 0 Å². The number of amides is 2. The van der Waals surface area contributed by atoms with E-state index in [0.717, 1.165) is 11.1 Å². The van der Waals surface area contributed by atoms with Gasteiger partial charge >= 0.3 is 0 Å². The molecule has 1 fully saturated rings. The first kappa shape index (κ1) is 26.2. The molecule has 0 spiro atoms. The molecule has 1 aromatic heterocycles. The van der Waals surface area contributed by atoms with Crippen LogP contribution >= 0.6 is 0 Å². The average molecular weight is 533 g/mol. The Morgan fingerprint density at radius 2 is 1.92 bits per heavy atom. The van der Waals surface area contributed by atoms with Gasteiger partial charge in [0.25, 0.3) is 11.8 Å². The Morgan fingerprint density at radius 1 is 1.10 bits per heavy atom. The maximum atomic E-state index is 13.6. The minimum Gasteiger partial charge on any atom is -0.490 e. The van der Waals surface area contributed by atoms with Gasteiger partial charge in [0.2, 0.25) is 5.95 Å². The molecular weight excluding hydrogens is 500 g/mol. The summed E-state index contributed by atoms with van der Waals surface area (Å²) in [6, 6.07) is 12.5. The van der Waals surface area contributed by atoms with E-state index in [4.69, 9.17) is 14.2 Å². The zero-order valence-corrected chi connectivity index (χ0v) is 22.3. The molecule has 5 rings (SSSR count). The quantitative estimate of drug-likeness (QED) is 0.454. The van der Waals surface area contributed by atoms with Crippen molar-refractivity contribution in [3.63, 3.8) is 0 Å². The summed E-state index contributed by atoms with van der Waals surface area (Å²) in [5.74, 6) is 1.08. The second-order valence-corrected chi connectivity index (χ2v) is 9.34. The van der Waals surface area contributed by atoms with Crippen LogP contribution < -0.4 is 20.1 Å². The third-order valence-corrected chi connectivity index (χ3v) is 6.61. The van der Waals surface area contributed by atoms with E-state index in [0.29, 0.717) is 67.3 Å². The Morgan fingerprint density at radius 3 is 2.69 bits per heavy atom. The number of benzene rings is 2. The molecule has 11 nitrogen and oxygen atoms in total. The van der Waals surface area contributed by atoms with Gasteiger partial charge < -0.3 is 29.7 Å². The Hall–Kier alpha value is -4.38. The van der Waals surface area contributed by atoms with Gasteiger partial charge in [0.1, 0.15) is 12.4 Å². The summed E-state index contributed by atoms with van der Waals surface area (Å²) in [6.07, 6.45) is 1.45. The number of nitrogens with one attached hydrogen (secondary N) is 2. The number of nitrogens with zero attached hydrogens (tertiary/aromatic N) is 4. The number of rotatable bonds is 8. The summed E-state index contributed by atoms with van der Waals surface area (Å²) in [5, 5.41) is 10.6. The lowest BCUT2D eigenvalue weighted by Gasteiger charge is -2.29. The van der Waals surface area contributed by atoms with Gasteiger partial charge in [-0.3, -0.25) is 9.59 Å². The van der Waals surface area contributed by atoms with Crippen LogP contribution in [0.3, 0.4) is 0 Å². The average Bonchev–Trinajstić information content (AvgIpc) is 3.40. The smallest absolute Gasteiger partial charge is 0.260 e. The van der Waals surface area contributed by atoms with Crippen LogP contribution in [-0.4, -0.2) is 71.0 Å². The van der Waals surface area contributed by atoms with Crippen molar-refractivity contribution < 1.29 is 23.8 Å². The molecule has 2 aromatic carbocycles. The fraction of sp³-hybridized carbons (Fsp3) is 0.357. The third-order valence-electron chi connectivity index (χ3n) is 6.61. The van der Waals surface area contributed by atoms with Crippen molar-refractivity contribution in [2.45, 2.75) is 26.8 Å². The molecule has 11 heteroatoms. The molecule has 1 saturated heterocycles. The third kappa shape index (κ3) is 5.73. The van der Waals surface area contributed by atoms with Crippen LogP contribution in [0.1, 0.15) is 31.0 Å². The first-order chi connectivity index (χ1) is 18.9. The lowest BCUT2D eigenvalue weighted by atomic mass is 9.94. The summed E-state index contributed by atoms with van der Waals surface area (Å²) < 4.78 is 18.8. The summed E-state index contributed by atoms with van der Waals surface area (Å²) >= 11 is 0. The number of aryl methyl sites for hydroxylation is 1. The highest BCUT2D eigenvalue weighted by Crippen LogP contribution is 2.39. The maximum Gasteiger partial charge on any atom is 0.260 e. The predicted octanol–water partition coefficient (Wildman–Crippen LogP) is 3.15. The fourth-order valence-corrected chi connectivity index (χ4v) is 4.74. The number of carbonyl (C=O) groups excluding carboxylic acids is 2. The van der Waals surface area contributed by atoms with Gasteiger partial charge in [-0.2, -0.15) is 10.1 Å². The van der Waals surface area contributed by atoms with Gasteiger partial charge in [-0.1, -0.05) is 18.2 Å². The largest absolute Gasteiger partial charge is 0.490 e. The fourth-order valence-electron chi connectivity index (χ4n) is 4.74. The Balaban J connectivity index is 1.44. The molecule has 1 unspecified atom stereocenters. The van der Waals surface area contributed by atoms with Crippen molar-refractivity contribution in [1.82, 2.24) is 19.7 Å². The van der Waals surface area contributed by atoms with Crippen LogP contribution in [0.4, 0.5) is 11.6 Å². The minimum atomic E-state index is -0.572. The Kier molecular flexibility index (Phi) is 7.78. The van der Waals surface area contributed by atoms with E-state index in [1.54, 1.807) is 15.6 Å². The lowest BCUT2D eigenvalue weighted by Crippen LogP contribution is -2.43. The molecule has 0 radical (unpaired) electrons. The molecule has 0 bridgehead atoms. The number of fused-ring (bicyclic) bond motifs is 1. The topological polar surface area (TPSA) is 120 Å². The van der Waals surface area contributed by atoms with Crippen LogP contribution in [0.2, 0.25) is 0 Å². The molecule has 2 N–H and O–H groups in total. The van der Waals surface area contributed by atoms with Gasteiger partial charge in [-0.25, -0.2) is 4.68 Å². The minimum absolute atomic E-state index is 0.107. The number of hydrogen-bond donors (Lipinski definition) is 2. The highest BCUT2D eigenvalue weighted by molar-refractivity contribution is 6.06. The van der Waals surface area contributed by atoms with E-state index >= 15 is 0 Å². The van der Waals surface area contributed by atoms with Gasteiger partial charge in [0, 0.05) is 24.5 Å². The monoisotopic (exact) mass is 532 g/mol. The van der Waals surface area contributed by atoms with E-state index in [2.05, 4.69) is 20.7 Å². The molecule has 2 aliphatic heterocycles. The number of allylic oxidation sites excluding steroid dienone is 1. The number of aromatic nitrogens is 3. The molecular formula is C28H32N6O5. The van der Waals surface area contributed by atoms with Crippen molar-refractivity contribution in [2.75, 3.05) is 50.2 Å². The first-order valence-corrected chi connectivity index (χ1v) is 12.9. The number of hydrogen-bond acceptors (Lipinski definition) is 8. The maximum absolute atomic E-state index is 13.6. The molecule has 204 valence electrons. The summed E-state index contributed by atoms with van der Waals surface area (Å²) in [7, 11) is 0. The predicted molar refractivity (Wildman–Crippen MR) is 145 cm³/mol. The van der Waals surface area contributed by atoms with Crippen LogP contribution in [0.15, 0.2) is 60.1 Å². The van der Waals surface area contributed by atoms with Crippen molar-refractivity contribution >= 4 is 23.5 Å². The standard InChI is InChI=1S/C28H32N6O5/c1-4-38-23-15-20(8-9-22(23)39-16-24(35)33-10-12-37-13-11-33)26-25(19(3)31-28-29-17-30-34(26)28)27(36)32-21-7-5-6-18(2)14-21/h5-9,14-15,17,26H,4,10-13,16H2,1-3H3,(H,32,36)(H,29,30,31). The first-order valence-electron chi connectivity index (χ1n) is 12.9. The summed E-state index contributed by atoms with van der Waals surface area (Å²) in [4.78, 5) is 32.3. The van der Waals surface area contributed by atoms with Crippen molar-refractivity contribution in [2.24, 2.45) is 0 Å². The molecule has 0 aliphatic carbocycles. The zero-order chi connectivity index (χ0) is 27.4. The van der Waals surface area contributed by atoms with Crippen LogP contribution in [0.5, 0.6) is 11.5 Å². The van der Waals surface area contributed by atoms with Crippen LogP contribution in [0, 0.1) is 6.92 Å². The number of carbonyl (C=O) groups is 2. The van der Waals surface area contributed by atoms with E-state index in [1.165, 1.54) is 6.33 Å². The van der Waals surface area contributed by atoms with E-state index < -0.39 is 6.04 Å². The number of morpholine rings is 1. The molecule has 3 aromatic rings. The Bertz CT molecular complexity index is 1390. The number of ether oxygens (including phenoxy) is 3. The van der Waals surface area contributed by atoms with Gasteiger partial charge in [0.05, 0.1) is 25.4 Å². The van der Waals surface area contributed by atoms with Crippen molar-refractivity contribution in [3.05, 3.63) is 71.2 Å². The molecule has 3 heterocycles. The zero-order valence-electron chi connectivity index (χ0n) is 22.3. The molecule has 39 heavy (non-hydrogen) atoms. The molecule has 2 amide bonds. The Labute approximate surface area is 226 Å². The highest BCUT2D eigenvalue weighted by atomic mass is 16.5. The normalized spacial score (nSPS) is 16.8. The molecule has 2 aliphatic rings. The lowest BCUT2D eigenvalue weighted by molar-refractivity contribution is -0.137. The van der Waals surface area contributed by atoms with Gasteiger partial charge in [0.15, 0.2) is 18.1 Å². The molecule has 1 atom stereocenters. The van der Waals surface area contributed by atoms with Gasteiger partial charge in [-0.05, 0) is 56.2 Å². The van der Waals surface area contributed by atoms with Crippen molar-refractivity contribution in [3.8, 4) is 11.5 Å². The number of anilines is 2. The summed E-state index contributed by atoms with van der Waals surface area (Å²) in [6.45, 7) is 8.13. The summed E-state index contributed by atoms with van der Waals surface area (Å²) in [5.41, 5.74) is 3.66. The van der Waals surface area contributed by atoms with E-state index in [1.807, 2.05) is 57.2 Å². The van der Waals surface area contributed by atoms with Crippen LogP contribution in [-0.2, 0) is 14.3 Å². The second kappa shape index (κ2) is 11.6. The van der Waals surface area contributed by atoms with E-state index in [9.17, 15) is 9.59 Å². The second-order valence-electron chi connectivity index (χ2n) is 9.34. The SMILES string of the molecule is CCOc1cc(C2C(C(=O)Nc3cccc(C)c3)=C(C)Nc3ncnn32)ccc1OCC(=O)N1CCOCC1. The highest BCUT2D eigenvalue weighted by Gasteiger charge is 2.34. The molecule has 0 saturated carbocycles. The van der Waals surface area contributed by atoms with Crippen molar-refractivity contribution in [1.29, 1.82) is 0 Å². The van der Waals surface area contributed by atoms with E-state index in [-0.39, 0.29) is 18.4 Å². The van der Waals surface area contributed by atoms with Gasteiger partial charge in [-0.15, -0.1) is 0 Å².